The number of carbonyl (C=O) groups excluding carboxylic acids is 1. The van der Waals surface area contributed by atoms with E-state index in [1.54, 1.807) is 10.3 Å². The Balaban J connectivity index is 1.67. The molecule has 0 spiro atoms. The second kappa shape index (κ2) is 7.61. The smallest absolute Gasteiger partial charge is 0.254 e. The van der Waals surface area contributed by atoms with E-state index in [-0.39, 0.29) is 22.5 Å². The second-order valence-electron chi connectivity index (χ2n) is 5.51. The van der Waals surface area contributed by atoms with Gasteiger partial charge in [-0.1, -0.05) is 12.1 Å². The molecule has 1 aromatic carbocycles. The summed E-state index contributed by atoms with van der Waals surface area (Å²) < 4.78 is 45.3. The van der Waals surface area contributed by atoms with Crippen LogP contribution >= 0.6 is 11.3 Å². The zero-order valence-electron chi connectivity index (χ0n) is 13.3. The predicted octanol–water partition coefficient (Wildman–Crippen LogP) is 1.84. The van der Waals surface area contributed by atoms with Crippen LogP contribution in [0.3, 0.4) is 0 Å². The Hall–Kier alpha value is -1.81. The largest absolute Gasteiger partial charge is 0.378 e. The van der Waals surface area contributed by atoms with Gasteiger partial charge in [-0.2, -0.15) is 0 Å². The van der Waals surface area contributed by atoms with Crippen LogP contribution in [-0.2, 0) is 21.3 Å². The maximum Gasteiger partial charge on any atom is 0.254 e. The molecule has 0 aliphatic carbocycles. The molecule has 1 saturated heterocycles. The summed E-state index contributed by atoms with van der Waals surface area (Å²) in [5.74, 6) is -0.573. The first-order chi connectivity index (χ1) is 12.0. The highest BCUT2D eigenvalue weighted by Crippen LogP contribution is 2.22. The first-order valence-electron chi connectivity index (χ1n) is 7.65. The number of morpholine rings is 1. The van der Waals surface area contributed by atoms with Crippen LogP contribution in [-0.4, -0.2) is 45.5 Å². The summed E-state index contributed by atoms with van der Waals surface area (Å²) in [6.45, 7) is 2.02. The van der Waals surface area contributed by atoms with Gasteiger partial charge in [0.2, 0.25) is 10.0 Å². The molecule has 1 amide bonds. The molecular weight excluding hydrogens is 367 g/mol. The molecule has 134 valence electrons. The van der Waals surface area contributed by atoms with E-state index in [4.69, 9.17) is 4.74 Å². The molecule has 3 rings (SSSR count). The van der Waals surface area contributed by atoms with E-state index < -0.39 is 10.0 Å². The van der Waals surface area contributed by atoms with Gasteiger partial charge in [0.1, 0.15) is 10.0 Å². The number of rotatable bonds is 5. The van der Waals surface area contributed by atoms with Crippen LogP contribution in [0.25, 0.3) is 0 Å². The molecule has 6 nitrogen and oxygen atoms in total. The van der Waals surface area contributed by atoms with Gasteiger partial charge < -0.3 is 9.64 Å². The predicted molar refractivity (Wildman–Crippen MR) is 91.5 cm³/mol. The van der Waals surface area contributed by atoms with Crippen molar-refractivity contribution >= 4 is 27.3 Å². The van der Waals surface area contributed by atoms with Gasteiger partial charge in [0, 0.05) is 25.0 Å². The van der Waals surface area contributed by atoms with Crippen LogP contribution in [0.1, 0.15) is 15.9 Å². The first kappa shape index (κ1) is 18.0. The van der Waals surface area contributed by atoms with Crippen molar-refractivity contribution in [1.29, 1.82) is 0 Å². The van der Waals surface area contributed by atoms with Crippen LogP contribution in [0, 0.1) is 5.82 Å². The molecular formula is C16H17FN2O4S2. The average molecular weight is 384 g/mol. The van der Waals surface area contributed by atoms with Crippen molar-refractivity contribution in [3.8, 4) is 0 Å². The van der Waals surface area contributed by atoms with Crippen molar-refractivity contribution in [2.24, 2.45) is 0 Å². The van der Waals surface area contributed by atoms with E-state index in [9.17, 15) is 17.6 Å². The van der Waals surface area contributed by atoms with Crippen LogP contribution in [0.2, 0.25) is 0 Å². The SMILES string of the molecule is O=C(c1csc(S(=O)(=O)NCc2ccc(F)cc2)c1)N1CCOCC1. The average Bonchev–Trinajstić information content (AvgIpc) is 3.12. The van der Waals surface area contributed by atoms with Crippen LogP contribution < -0.4 is 4.72 Å². The highest BCUT2D eigenvalue weighted by Gasteiger charge is 2.23. The Bertz CT molecular complexity index is 843. The number of halogens is 1. The van der Waals surface area contributed by atoms with E-state index in [2.05, 4.69) is 4.72 Å². The maximum atomic E-state index is 12.9. The van der Waals surface area contributed by atoms with Gasteiger partial charge >= 0.3 is 0 Å². The first-order valence-corrected chi connectivity index (χ1v) is 10.0. The maximum absolute atomic E-state index is 12.9. The van der Waals surface area contributed by atoms with E-state index in [0.29, 0.717) is 37.4 Å². The molecule has 2 aromatic rings. The normalized spacial score (nSPS) is 15.3. The third-order valence-electron chi connectivity index (χ3n) is 3.77. The lowest BCUT2D eigenvalue weighted by Gasteiger charge is -2.26. The van der Waals surface area contributed by atoms with Crippen LogP contribution in [0.4, 0.5) is 4.39 Å². The van der Waals surface area contributed by atoms with Gasteiger partial charge in [0.25, 0.3) is 5.91 Å². The Kier molecular flexibility index (Phi) is 5.48. The lowest BCUT2D eigenvalue weighted by atomic mass is 10.2. The topological polar surface area (TPSA) is 75.7 Å². The van der Waals surface area contributed by atoms with Crippen molar-refractivity contribution < 1.29 is 22.3 Å². The molecule has 1 N–H and O–H groups in total. The van der Waals surface area contributed by atoms with Crippen LogP contribution in [0.15, 0.2) is 39.9 Å². The Morgan fingerprint density at radius 2 is 1.92 bits per heavy atom. The molecule has 1 fully saturated rings. The minimum absolute atomic E-state index is 0.0489. The molecule has 0 bridgehead atoms. The van der Waals surface area contributed by atoms with Gasteiger partial charge in [-0.3, -0.25) is 4.79 Å². The fourth-order valence-electron chi connectivity index (χ4n) is 2.37. The summed E-state index contributed by atoms with van der Waals surface area (Å²) in [5, 5.41) is 1.55. The van der Waals surface area contributed by atoms with Crippen molar-refractivity contribution in [2.75, 3.05) is 26.3 Å². The number of benzene rings is 1. The number of ether oxygens (including phenoxy) is 1. The molecule has 9 heteroatoms. The molecule has 1 aliphatic heterocycles. The lowest BCUT2D eigenvalue weighted by molar-refractivity contribution is 0.0303. The van der Waals surface area contributed by atoms with Crippen molar-refractivity contribution in [2.45, 2.75) is 10.8 Å². The molecule has 0 saturated carbocycles. The highest BCUT2D eigenvalue weighted by atomic mass is 32.2. The molecule has 0 atom stereocenters. The molecule has 25 heavy (non-hydrogen) atoms. The van der Waals surface area contributed by atoms with E-state index in [0.717, 1.165) is 11.3 Å². The molecule has 1 aromatic heterocycles. The minimum atomic E-state index is -3.73. The molecule has 0 unspecified atom stereocenters. The Morgan fingerprint density at radius 1 is 1.24 bits per heavy atom. The van der Waals surface area contributed by atoms with Gasteiger partial charge in [-0.25, -0.2) is 17.5 Å². The van der Waals surface area contributed by atoms with E-state index in [1.165, 1.54) is 30.3 Å². The molecule has 0 radical (unpaired) electrons. The van der Waals surface area contributed by atoms with Crippen molar-refractivity contribution in [3.63, 3.8) is 0 Å². The summed E-state index contributed by atoms with van der Waals surface area (Å²) in [7, 11) is -3.73. The highest BCUT2D eigenvalue weighted by molar-refractivity contribution is 7.91. The molecule has 2 heterocycles. The van der Waals surface area contributed by atoms with E-state index in [1.807, 2.05) is 0 Å². The summed E-state index contributed by atoms with van der Waals surface area (Å²) in [6, 6.07) is 6.95. The number of nitrogens with one attached hydrogen (secondary N) is 1. The molecule has 1 aliphatic rings. The summed E-state index contributed by atoms with van der Waals surface area (Å²) in [5.41, 5.74) is 1.00. The second-order valence-corrected chi connectivity index (χ2v) is 8.42. The quantitative estimate of drug-likeness (QED) is 0.854. The number of hydrogen-bond acceptors (Lipinski definition) is 5. The van der Waals surface area contributed by atoms with Gasteiger partial charge in [-0.15, -0.1) is 11.3 Å². The number of thiophene rings is 1. The Morgan fingerprint density at radius 3 is 2.60 bits per heavy atom. The van der Waals surface area contributed by atoms with Gasteiger partial charge in [-0.05, 0) is 23.8 Å². The van der Waals surface area contributed by atoms with Crippen molar-refractivity contribution in [1.82, 2.24) is 9.62 Å². The van der Waals surface area contributed by atoms with Gasteiger partial charge in [0.05, 0.1) is 18.8 Å². The number of hydrogen-bond donors (Lipinski definition) is 1. The van der Waals surface area contributed by atoms with E-state index >= 15 is 0 Å². The third-order valence-corrected chi connectivity index (χ3v) is 6.61. The van der Waals surface area contributed by atoms with Gasteiger partial charge in [0.15, 0.2) is 0 Å². The van der Waals surface area contributed by atoms with Crippen LogP contribution in [0.5, 0.6) is 0 Å². The number of carbonyl (C=O) groups is 1. The number of nitrogens with zero attached hydrogens (tertiary/aromatic N) is 1. The Labute approximate surface area is 149 Å². The summed E-state index contributed by atoms with van der Waals surface area (Å²) >= 11 is 0.997. The minimum Gasteiger partial charge on any atom is -0.378 e. The summed E-state index contributed by atoms with van der Waals surface area (Å²) in [4.78, 5) is 14.0. The summed E-state index contributed by atoms with van der Waals surface area (Å²) in [6.07, 6.45) is 0. The monoisotopic (exact) mass is 384 g/mol. The third kappa shape index (κ3) is 4.43. The standard InChI is InChI=1S/C16H17FN2O4S2/c17-14-3-1-12(2-4-14)10-18-25(21,22)15-9-13(11-24-15)16(20)19-5-7-23-8-6-19/h1-4,9,11,18H,5-8,10H2. The number of sulfonamides is 1. The van der Waals surface area contributed by atoms with Crippen molar-refractivity contribution in [3.05, 3.63) is 52.7 Å². The fraction of sp³-hybridized carbons (Fsp3) is 0.312. The fourth-order valence-corrected chi connectivity index (χ4v) is 4.59. The lowest BCUT2D eigenvalue weighted by Crippen LogP contribution is -2.40. The zero-order valence-corrected chi connectivity index (χ0v) is 14.9. The number of amides is 1. The zero-order chi connectivity index (χ0) is 17.9.